The van der Waals surface area contributed by atoms with Crippen molar-refractivity contribution in [1.29, 1.82) is 0 Å². The fourth-order valence-corrected chi connectivity index (χ4v) is 1.45. The van der Waals surface area contributed by atoms with E-state index in [9.17, 15) is 0 Å². The summed E-state index contributed by atoms with van der Waals surface area (Å²) in [7, 11) is 0. The minimum Gasteiger partial charge on any atom is -0.493 e. The van der Waals surface area contributed by atoms with E-state index in [1.54, 1.807) is 0 Å². The molecule has 1 heterocycles. The molecule has 0 atom stereocenters. The van der Waals surface area contributed by atoms with Gasteiger partial charge in [0, 0.05) is 0 Å². The Balaban J connectivity index is 2.24. The molecule has 0 aromatic heterocycles. The highest BCUT2D eigenvalue weighted by atomic mass is 16.5. The summed E-state index contributed by atoms with van der Waals surface area (Å²) >= 11 is 0. The molecular weight excluding hydrogens is 200 g/mol. The monoisotopic (exact) mass is 222 g/mol. The summed E-state index contributed by atoms with van der Waals surface area (Å²) in [4.78, 5) is 0. The van der Waals surface area contributed by atoms with E-state index in [1.165, 1.54) is 0 Å². The lowest BCUT2D eigenvalue weighted by molar-refractivity contribution is -0.141. The molecule has 16 heavy (non-hydrogen) atoms. The molecule has 2 nitrogen and oxygen atoms in total. The molecular formula is C14H22O2. The van der Waals surface area contributed by atoms with Crippen molar-refractivity contribution in [2.75, 3.05) is 19.8 Å². The molecule has 0 bridgehead atoms. The third kappa shape index (κ3) is 3.86. The first kappa shape index (κ1) is 13.0. The molecule has 0 spiro atoms. The smallest absolute Gasteiger partial charge is 0.112 e. The Morgan fingerprint density at radius 3 is 2.62 bits per heavy atom. The van der Waals surface area contributed by atoms with Gasteiger partial charge in [0.2, 0.25) is 0 Å². The molecule has 1 fully saturated rings. The second kappa shape index (κ2) is 6.54. The minimum absolute atomic E-state index is 0.232. The number of allylic oxidation sites excluding steroid dienone is 4. The Hall–Kier alpha value is -1.02. The maximum Gasteiger partial charge on any atom is 0.112 e. The highest BCUT2D eigenvalue weighted by Crippen LogP contribution is 2.31. The van der Waals surface area contributed by atoms with Crippen LogP contribution in [0.3, 0.4) is 0 Å². The largest absolute Gasteiger partial charge is 0.493 e. The van der Waals surface area contributed by atoms with E-state index >= 15 is 0 Å². The van der Waals surface area contributed by atoms with Gasteiger partial charge in [0.25, 0.3) is 0 Å². The molecule has 1 aliphatic heterocycles. The fourth-order valence-electron chi connectivity index (χ4n) is 1.45. The lowest BCUT2D eigenvalue weighted by Crippen LogP contribution is -2.45. The van der Waals surface area contributed by atoms with Gasteiger partial charge in [0.1, 0.15) is 5.76 Å². The zero-order chi connectivity index (χ0) is 11.9. The first-order chi connectivity index (χ1) is 7.72. The zero-order valence-electron chi connectivity index (χ0n) is 10.4. The normalized spacial score (nSPS) is 18.9. The molecule has 0 aromatic carbocycles. The molecule has 0 aliphatic carbocycles. The summed E-state index contributed by atoms with van der Waals surface area (Å²) in [5.41, 5.74) is 0.232. The van der Waals surface area contributed by atoms with Gasteiger partial charge in [-0.1, -0.05) is 38.7 Å². The van der Waals surface area contributed by atoms with Crippen LogP contribution in [-0.2, 0) is 9.47 Å². The number of hydrogen-bond donors (Lipinski definition) is 0. The maximum atomic E-state index is 5.63. The van der Waals surface area contributed by atoms with Crippen LogP contribution in [-0.4, -0.2) is 19.8 Å². The van der Waals surface area contributed by atoms with E-state index in [0.29, 0.717) is 6.61 Å². The second-order valence-electron chi connectivity index (χ2n) is 4.30. The molecule has 0 saturated carbocycles. The van der Waals surface area contributed by atoms with E-state index in [4.69, 9.17) is 9.47 Å². The molecule has 1 saturated heterocycles. The average Bonchev–Trinajstić information content (AvgIpc) is 2.24. The molecule has 0 N–H and O–H groups in total. The predicted octanol–water partition coefficient (Wildman–Crippen LogP) is 3.47. The molecule has 0 aromatic rings. The summed E-state index contributed by atoms with van der Waals surface area (Å²) in [5, 5.41) is 0. The van der Waals surface area contributed by atoms with Crippen molar-refractivity contribution in [1.82, 2.24) is 0 Å². The zero-order valence-corrected chi connectivity index (χ0v) is 10.4. The van der Waals surface area contributed by atoms with Crippen molar-refractivity contribution in [3.63, 3.8) is 0 Å². The Labute approximate surface area is 98.6 Å². The average molecular weight is 222 g/mol. The molecule has 2 heteroatoms. The van der Waals surface area contributed by atoms with E-state index in [-0.39, 0.29) is 5.41 Å². The Kier molecular flexibility index (Phi) is 5.33. The quantitative estimate of drug-likeness (QED) is 0.485. The number of rotatable bonds is 7. The topological polar surface area (TPSA) is 18.5 Å². The summed E-state index contributed by atoms with van der Waals surface area (Å²) < 4.78 is 10.9. The standard InChI is InChI=1S/C14H22O2/c1-4-6-7-8-9-13(3)16-12-14(5-2)10-15-11-14/h6-9H,3-5,10-12H2,1-2H3/b7-6-,9-8-. The van der Waals surface area contributed by atoms with E-state index in [1.807, 2.05) is 18.2 Å². The van der Waals surface area contributed by atoms with Crippen LogP contribution in [0.5, 0.6) is 0 Å². The second-order valence-corrected chi connectivity index (χ2v) is 4.30. The van der Waals surface area contributed by atoms with Crippen LogP contribution in [0.1, 0.15) is 26.7 Å². The Morgan fingerprint density at radius 2 is 2.12 bits per heavy atom. The van der Waals surface area contributed by atoms with Gasteiger partial charge in [-0.05, 0) is 18.9 Å². The highest BCUT2D eigenvalue weighted by molar-refractivity contribution is 5.14. The molecule has 90 valence electrons. The molecule has 0 radical (unpaired) electrons. The Morgan fingerprint density at radius 1 is 1.38 bits per heavy atom. The lowest BCUT2D eigenvalue weighted by atomic mass is 9.84. The third-order valence-electron chi connectivity index (χ3n) is 2.90. The van der Waals surface area contributed by atoms with Gasteiger partial charge in [0.15, 0.2) is 0 Å². The van der Waals surface area contributed by atoms with E-state index in [0.717, 1.165) is 31.8 Å². The van der Waals surface area contributed by atoms with Gasteiger partial charge in [-0.15, -0.1) is 0 Å². The Bertz CT molecular complexity index is 267. The van der Waals surface area contributed by atoms with Gasteiger partial charge in [-0.3, -0.25) is 0 Å². The van der Waals surface area contributed by atoms with Crippen LogP contribution in [0.25, 0.3) is 0 Å². The molecule has 0 amide bonds. The highest BCUT2D eigenvalue weighted by Gasteiger charge is 2.37. The van der Waals surface area contributed by atoms with Crippen LogP contribution in [0.4, 0.5) is 0 Å². The summed E-state index contributed by atoms with van der Waals surface area (Å²) in [5.74, 6) is 0.723. The number of hydrogen-bond acceptors (Lipinski definition) is 2. The van der Waals surface area contributed by atoms with Crippen molar-refractivity contribution < 1.29 is 9.47 Å². The van der Waals surface area contributed by atoms with Crippen LogP contribution in [0.15, 0.2) is 36.6 Å². The fraction of sp³-hybridized carbons (Fsp3) is 0.571. The molecule has 0 unspecified atom stereocenters. The van der Waals surface area contributed by atoms with Crippen molar-refractivity contribution in [2.45, 2.75) is 26.7 Å². The lowest BCUT2D eigenvalue weighted by Gasteiger charge is -2.40. The SMILES string of the molecule is C=C(/C=C\C=C/CC)OCC1(CC)COC1. The van der Waals surface area contributed by atoms with Crippen LogP contribution in [0.2, 0.25) is 0 Å². The van der Waals surface area contributed by atoms with Gasteiger partial charge in [-0.25, -0.2) is 0 Å². The number of ether oxygens (including phenoxy) is 2. The van der Waals surface area contributed by atoms with Gasteiger partial charge in [0.05, 0.1) is 25.2 Å². The van der Waals surface area contributed by atoms with Crippen molar-refractivity contribution >= 4 is 0 Å². The van der Waals surface area contributed by atoms with E-state index < -0.39 is 0 Å². The van der Waals surface area contributed by atoms with Gasteiger partial charge >= 0.3 is 0 Å². The maximum absolute atomic E-state index is 5.63. The summed E-state index contributed by atoms with van der Waals surface area (Å²) in [6.07, 6.45) is 10.1. The van der Waals surface area contributed by atoms with Crippen molar-refractivity contribution in [2.24, 2.45) is 5.41 Å². The van der Waals surface area contributed by atoms with Crippen LogP contribution < -0.4 is 0 Å². The van der Waals surface area contributed by atoms with Gasteiger partial charge < -0.3 is 9.47 Å². The van der Waals surface area contributed by atoms with Gasteiger partial charge in [-0.2, -0.15) is 0 Å². The molecule has 1 aliphatic rings. The van der Waals surface area contributed by atoms with Crippen LogP contribution in [0, 0.1) is 5.41 Å². The van der Waals surface area contributed by atoms with E-state index in [2.05, 4.69) is 26.5 Å². The van der Waals surface area contributed by atoms with Crippen molar-refractivity contribution in [3.8, 4) is 0 Å². The van der Waals surface area contributed by atoms with Crippen LogP contribution >= 0.6 is 0 Å². The predicted molar refractivity (Wildman–Crippen MR) is 67.2 cm³/mol. The third-order valence-corrected chi connectivity index (χ3v) is 2.90. The van der Waals surface area contributed by atoms with Crippen molar-refractivity contribution in [3.05, 3.63) is 36.6 Å². The summed E-state index contributed by atoms with van der Waals surface area (Å²) in [6, 6.07) is 0. The first-order valence-corrected chi connectivity index (χ1v) is 5.95. The summed E-state index contributed by atoms with van der Waals surface area (Å²) in [6.45, 7) is 10.5. The first-order valence-electron chi connectivity index (χ1n) is 5.95. The molecule has 1 rings (SSSR count). The minimum atomic E-state index is 0.232.